The van der Waals surface area contributed by atoms with Crippen molar-refractivity contribution >= 4 is 17.5 Å². The van der Waals surface area contributed by atoms with Gasteiger partial charge in [0, 0.05) is 24.2 Å². The van der Waals surface area contributed by atoms with Gasteiger partial charge in [0.15, 0.2) is 0 Å². The number of benzene rings is 2. The van der Waals surface area contributed by atoms with Gasteiger partial charge in [-0.1, -0.05) is 58.4 Å². The second kappa shape index (κ2) is 11.1. The van der Waals surface area contributed by atoms with E-state index >= 15 is 0 Å². The zero-order valence-electron chi connectivity index (χ0n) is 23.2. The number of hydrogen-bond donors (Lipinski definition) is 1. The third-order valence-corrected chi connectivity index (χ3v) is 8.14. The first-order valence-electron chi connectivity index (χ1n) is 13.8. The van der Waals surface area contributed by atoms with E-state index in [2.05, 4.69) is 33.0 Å². The molecule has 1 fully saturated rings. The van der Waals surface area contributed by atoms with Gasteiger partial charge in [0.1, 0.15) is 11.4 Å². The highest BCUT2D eigenvalue weighted by Gasteiger charge is 2.50. The van der Waals surface area contributed by atoms with E-state index in [0.717, 1.165) is 43.4 Å². The van der Waals surface area contributed by atoms with E-state index in [9.17, 15) is 22.8 Å². The average molecular weight is 542 g/mol. The maximum Gasteiger partial charge on any atom is 0.416 e. The van der Waals surface area contributed by atoms with Gasteiger partial charge >= 0.3 is 6.18 Å². The second-order valence-corrected chi connectivity index (χ2v) is 11.9. The van der Waals surface area contributed by atoms with Crippen molar-refractivity contribution in [3.63, 3.8) is 0 Å². The molecule has 0 radical (unpaired) electrons. The maximum absolute atomic E-state index is 13.8. The van der Waals surface area contributed by atoms with Crippen LogP contribution in [-0.2, 0) is 17.5 Å². The molecule has 1 saturated carbocycles. The van der Waals surface area contributed by atoms with Crippen LogP contribution in [0.5, 0.6) is 0 Å². The smallest absolute Gasteiger partial charge is 0.352 e. The van der Waals surface area contributed by atoms with Crippen molar-refractivity contribution in [1.29, 1.82) is 0 Å². The molecule has 1 aliphatic heterocycles. The number of amides is 2. The number of hydrogen-bond acceptors (Lipinski definition) is 3. The number of carbonyl (C=O) groups is 2. The van der Waals surface area contributed by atoms with Crippen LogP contribution >= 0.6 is 0 Å². The molecule has 2 aliphatic rings. The SMILES string of the molecule is CCCCNC(=O)c1ccc(CN2C(=O)C(c3ccc(C(F)(F)F)cc3)=NC23CCC(C(C)(C)C)CC3)cc1. The lowest BCUT2D eigenvalue weighted by molar-refractivity contribution is -0.137. The molecule has 0 saturated heterocycles. The Morgan fingerprint density at radius 3 is 2.18 bits per heavy atom. The van der Waals surface area contributed by atoms with Gasteiger partial charge in [-0.25, -0.2) is 0 Å². The zero-order chi connectivity index (χ0) is 28.4. The van der Waals surface area contributed by atoms with E-state index in [4.69, 9.17) is 4.99 Å². The van der Waals surface area contributed by atoms with Gasteiger partial charge in [-0.2, -0.15) is 13.2 Å². The van der Waals surface area contributed by atoms with Crippen LogP contribution in [0.25, 0.3) is 0 Å². The molecule has 0 bridgehead atoms. The number of unbranched alkanes of at least 4 members (excludes halogenated alkanes) is 1. The minimum absolute atomic E-state index is 0.128. The molecule has 39 heavy (non-hydrogen) atoms. The van der Waals surface area contributed by atoms with Crippen LogP contribution in [0, 0.1) is 11.3 Å². The van der Waals surface area contributed by atoms with Gasteiger partial charge in [0.05, 0.1) is 5.56 Å². The van der Waals surface area contributed by atoms with Crippen molar-refractivity contribution in [3.05, 3.63) is 70.8 Å². The van der Waals surface area contributed by atoms with E-state index in [1.54, 1.807) is 17.0 Å². The van der Waals surface area contributed by atoms with Crippen molar-refractivity contribution in [2.24, 2.45) is 16.3 Å². The van der Waals surface area contributed by atoms with Gasteiger partial charge in [-0.15, -0.1) is 0 Å². The molecule has 0 unspecified atom stereocenters. The lowest BCUT2D eigenvalue weighted by atomic mass is 9.69. The van der Waals surface area contributed by atoms with Crippen molar-refractivity contribution in [1.82, 2.24) is 10.2 Å². The van der Waals surface area contributed by atoms with Crippen molar-refractivity contribution in [2.75, 3.05) is 6.54 Å². The molecule has 2 aromatic rings. The molecule has 2 aromatic carbocycles. The fourth-order valence-electron chi connectivity index (χ4n) is 5.61. The summed E-state index contributed by atoms with van der Waals surface area (Å²) >= 11 is 0. The van der Waals surface area contributed by atoms with Crippen LogP contribution in [0.3, 0.4) is 0 Å². The molecular formula is C31H38F3N3O2. The molecule has 5 nitrogen and oxygen atoms in total. The number of nitrogens with one attached hydrogen (secondary N) is 1. The van der Waals surface area contributed by atoms with Crippen molar-refractivity contribution in [3.8, 4) is 0 Å². The fraction of sp³-hybridized carbons (Fsp3) is 0.516. The van der Waals surface area contributed by atoms with Gasteiger partial charge in [-0.05, 0) is 73.3 Å². The maximum atomic E-state index is 13.8. The monoisotopic (exact) mass is 541 g/mol. The molecule has 1 heterocycles. The summed E-state index contributed by atoms with van der Waals surface area (Å²) in [5, 5.41) is 2.91. The predicted octanol–water partition coefficient (Wildman–Crippen LogP) is 7.00. The topological polar surface area (TPSA) is 61.8 Å². The molecule has 2 amide bonds. The molecule has 1 N–H and O–H groups in total. The lowest BCUT2D eigenvalue weighted by Gasteiger charge is -2.44. The predicted molar refractivity (Wildman–Crippen MR) is 146 cm³/mol. The normalized spacial score (nSPS) is 21.8. The Morgan fingerprint density at radius 2 is 1.64 bits per heavy atom. The van der Waals surface area contributed by atoms with Crippen LogP contribution in [0.2, 0.25) is 0 Å². The first-order chi connectivity index (χ1) is 18.3. The third-order valence-electron chi connectivity index (χ3n) is 8.14. The summed E-state index contributed by atoms with van der Waals surface area (Å²) in [5.41, 5.74) is 0.694. The lowest BCUT2D eigenvalue weighted by Crippen LogP contribution is -2.49. The molecule has 0 aromatic heterocycles. The molecule has 4 rings (SSSR count). The van der Waals surface area contributed by atoms with Gasteiger partial charge in [0.25, 0.3) is 11.8 Å². The Labute approximate surface area is 228 Å². The Kier molecular flexibility index (Phi) is 8.24. The van der Waals surface area contributed by atoms with Crippen LogP contribution in [0.4, 0.5) is 13.2 Å². The Morgan fingerprint density at radius 1 is 1.03 bits per heavy atom. The largest absolute Gasteiger partial charge is 0.416 e. The van der Waals surface area contributed by atoms with E-state index in [0.29, 0.717) is 43.0 Å². The number of rotatable bonds is 7. The van der Waals surface area contributed by atoms with Crippen molar-refractivity contribution < 1.29 is 22.8 Å². The van der Waals surface area contributed by atoms with Gasteiger partial charge < -0.3 is 10.2 Å². The summed E-state index contributed by atoms with van der Waals surface area (Å²) in [4.78, 5) is 32.9. The third kappa shape index (κ3) is 6.36. The molecule has 0 atom stereocenters. The summed E-state index contributed by atoms with van der Waals surface area (Å²) in [5.74, 6) is 0.0957. The number of halogens is 3. The zero-order valence-corrected chi connectivity index (χ0v) is 23.2. The molecule has 1 aliphatic carbocycles. The number of aliphatic imine (C=N–C) groups is 1. The summed E-state index contributed by atoms with van der Waals surface area (Å²) in [6.45, 7) is 9.68. The Balaban J connectivity index is 1.59. The fourth-order valence-corrected chi connectivity index (χ4v) is 5.61. The first-order valence-corrected chi connectivity index (χ1v) is 13.8. The van der Waals surface area contributed by atoms with E-state index < -0.39 is 17.4 Å². The Bertz CT molecular complexity index is 1200. The van der Waals surface area contributed by atoms with E-state index in [-0.39, 0.29) is 22.9 Å². The second-order valence-electron chi connectivity index (χ2n) is 11.9. The van der Waals surface area contributed by atoms with E-state index in [1.165, 1.54) is 12.1 Å². The van der Waals surface area contributed by atoms with Gasteiger partial charge in [-0.3, -0.25) is 14.6 Å². The van der Waals surface area contributed by atoms with Crippen LogP contribution < -0.4 is 5.32 Å². The molecule has 210 valence electrons. The quantitative estimate of drug-likeness (QED) is 0.384. The molecule has 1 spiro atoms. The highest BCUT2D eigenvalue weighted by Crippen LogP contribution is 2.47. The standard InChI is InChI=1S/C31H38F3N3O2/c1-5-6-19-35-27(38)23-9-7-21(8-10-23)20-37-28(39)26(22-11-13-25(14-12-22)31(32,33)34)36-30(37)17-15-24(16-18-30)29(2,3)4/h7-14,24H,5-6,15-20H2,1-4H3,(H,35,38). The minimum Gasteiger partial charge on any atom is -0.352 e. The van der Waals surface area contributed by atoms with Crippen LogP contribution in [0.15, 0.2) is 53.5 Å². The minimum atomic E-state index is -4.45. The molecular weight excluding hydrogens is 503 g/mol. The van der Waals surface area contributed by atoms with Crippen LogP contribution in [0.1, 0.15) is 93.3 Å². The summed E-state index contributed by atoms with van der Waals surface area (Å²) in [6, 6.07) is 11.9. The number of alkyl halides is 3. The van der Waals surface area contributed by atoms with E-state index in [1.807, 2.05) is 12.1 Å². The highest BCUT2D eigenvalue weighted by molar-refractivity contribution is 6.46. The van der Waals surface area contributed by atoms with Crippen LogP contribution in [-0.4, -0.2) is 34.6 Å². The van der Waals surface area contributed by atoms with Crippen molar-refractivity contribution in [2.45, 2.75) is 84.6 Å². The summed E-state index contributed by atoms with van der Waals surface area (Å²) in [6.07, 6.45) is 0.684. The average Bonchev–Trinajstić information content (AvgIpc) is 3.14. The van der Waals surface area contributed by atoms with Gasteiger partial charge in [0.2, 0.25) is 0 Å². The highest BCUT2D eigenvalue weighted by atomic mass is 19.4. The summed E-state index contributed by atoms with van der Waals surface area (Å²) in [7, 11) is 0. The summed E-state index contributed by atoms with van der Waals surface area (Å²) < 4.78 is 39.4. The first kappa shape index (κ1) is 28.8. The Hall–Kier alpha value is -3.16. The number of carbonyl (C=O) groups excluding carboxylic acids is 2. The molecule has 8 heteroatoms. The number of nitrogens with zero attached hydrogens (tertiary/aromatic N) is 2.